The smallest absolute Gasteiger partial charge is 0.317 e. The van der Waals surface area contributed by atoms with Crippen molar-refractivity contribution in [1.82, 2.24) is 10.2 Å². The molecular formula is C20H20ClN3O2. The molecule has 134 valence electrons. The van der Waals surface area contributed by atoms with E-state index in [1.807, 2.05) is 61.3 Å². The third-order valence-electron chi connectivity index (χ3n) is 5.09. The number of ether oxygens (including phenoxy) is 1. The second-order valence-corrected chi connectivity index (χ2v) is 7.21. The summed E-state index contributed by atoms with van der Waals surface area (Å²) in [6.07, 6.45) is 2.29. The molecule has 5 nitrogen and oxygen atoms in total. The monoisotopic (exact) mass is 369 g/mol. The van der Waals surface area contributed by atoms with Crippen molar-refractivity contribution in [3.63, 3.8) is 0 Å². The molecule has 6 heteroatoms. The molecule has 1 N–H and O–H groups in total. The number of aromatic nitrogens is 2. The highest BCUT2D eigenvalue weighted by Gasteiger charge is 2.54. The van der Waals surface area contributed by atoms with Gasteiger partial charge in [-0.05, 0) is 24.1 Å². The lowest BCUT2D eigenvalue weighted by atomic mass is 9.89. The van der Waals surface area contributed by atoms with Crippen LogP contribution in [0.4, 0.5) is 5.69 Å². The van der Waals surface area contributed by atoms with Crippen LogP contribution in [0.5, 0.6) is 0 Å². The van der Waals surface area contributed by atoms with Gasteiger partial charge in [0.05, 0.1) is 24.0 Å². The van der Waals surface area contributed by atoms with Gasteiger partial charge in [-0.1, -0.05) is 48.0 Å². The number of H-pyrrole nitrogens is 1. The second-order valence-electron chi connectivity index (χ2n) is 6.56. The molecule has 0 fully saturated rings. The molecule has 2 atom stereocenters. The fourth-order valence-electron chi connectivity index (χ4n) is 3.88. The van der Waals surface area contributed by atoms with E-state index in [2.05, 4.69) is 10.2 Å². The van der Waals surface area contributed by atoms with Crippen molar-refractivity contribution >= 4 is 34.2 Å². The molecule has 1 aromatic heterocycles. The Morgan fingerprint density at radius 2 is 2.08 bits per heavy atom. The molecule has 0 aliphatic carbocycles. The molecule has 0 saturated heterocycles. The number of anilines is 1. The summed E-state index contributed by atoms with van der Waals surface area (Å²) < 4.78 is 5.38. The summed E-state index contributed by atoms with van der Waals surface area (Å²) in [7, 11) is 1.93. The second kappa shape index (κ2) is 6.32. The number of carbonyl (C=O) groups excluding carboxylic acids is 1. The minimum Gasteiger partial charge on any atom is -0.465 e. The third-order valence-corrected chi connectivity index (χ3v) is 5.70. The van der Waals surface area contributed by atoms with Gasteiger partial charge in [0, 0.05) is 18.9 Å². The molecule has 26 heavy (non-hydrogen) atoms. The molecule has 2 unspecified atom stereocenters. The van der Waals surface area contributed by atoms with Crippen molar-refractivity contribution in [3.8, 4) is 0 Å². The molecule has 0 bridgehead atoms. The maximum atomic E-state index is 12.9. The number of alkyl halides is 1. The Balaban J connectivity index is 1.87. The van der Waals surface area contributed by atoms with E-state index in [9.17, 15) is 4.79 Å². The largest absolute Gasteiger partial charge is 0.465 e. The third kappa shape index (κ3) is 2.46. The quantitative estimate of drug-likeness (QED) is 0.431. The average Bonchev–Trinajstić information content (AvgIpc) is 3.18. The fourth-order valence-corrected chi connectivity index (χ4v) is 4.33. The highest BCUT2D eigenvalue weighted by Crippen LogP contribution is 2.53. The van der Waals surface area contributed by atoms with Gasteiger partial charge in [-0.2, -0.15) is 5.10 Å². The zero-order valence-electron chi connectivity index (χ0n) is 14.7. The summed E-state index contributed by atoms with van der Waals surface area (Å²) in [6, 6.07) is 13.9. The predicted octanol–water partition coefficient (Wildman–Crippen LogP) is 3.84. The maximum absolute atomic E-state index is 12.9. The Morgan fingerprint density at radius 3 is 2.81 bits per heavy atom. The van der Waals surface area contributed by atoms with E-state index in [4.69, 9.17) is 16.3 Å². The predicted molar refractivity (Wildman–Crippen MR) is 103 cm³/mol. The summed E-state index contributed by atoms with van der Waals surface area (Å²) in [4.78, 5) is 13.9. The normalized spacial score (nSPS) is 21.8. The van der Waals surface area contributed by atoms with Crippen molar-refractivity contribution in [2.24, 2.45) is 0 Å². The minimum absolute atomic E-state index is 0.299. The van der Waals surface area contributed by atoms with Crippen molar-refractivity contribution in [2.45, 2.75) is 24.3 Å². The van der Waals surface area contributed by atoms with Crippen molar-refractivity contribution in [2.75, 3.05) is 18.6 Å². The summed E-state index contributed by atoms with van der Waals surface area (Å²) in [5.74, 6) is -0.879. The van der Waals surface area contributed by atoms with Gasteiger partial charge in [-0.15, -0.1) is 0 Å². The van der Waals surface area contributed by atoms with Gasteiger partial charge in [0.15, 0.2) is 0 Å². The number of aromatic amines is 1. The Kier molecular flexibility index (Phi) is 4.11. The van der Waals surface area contributed by atoms with Gasteiger partial charge in [0.1, 0.15) is 10.9 Å². The standard InChI is InChI=1S/C20H20ClN3O2/c1-3-26-19(25)17-14-9-10-16-15(12-22-23-16)18(14)24(2)20(17,21)11-13-7-5-4-6-8-13/h4-10,12,17H,3,11H2,1-2H3,(H,22,23). The van der Waals surface area contributed by atoms with E-state index < -0.39 is 10.9 Å². The van der Waals surface area contributed by atoms with Gasteiger partial charge in [-0.3, -0.25) is 9.89 Å². The van der Waals surface area contributed by atoms with Crippen LogP contribution in [0.1, 0.15) is 24.0 Å². The number of halogens is 1. The number of carbonyl (C=O) groups is 1. The maximum Gasteiger partial charge on any atom is 0.317 e. The number of esters is 1. The van der Waals surface area contributed by atoms with Gasteiger partial charge in [0.25, 0.3) is 0 Å². The molecule has 3 aromatic rings. The molecule has 1 aliphatic heterocycles. The Morgan fingerprint density at radius 1 is 1.31 bits per heavy atom. The molecule has 2 heterocycles. The van der Waals surface area contributed by atoms with Crippen molar-refractivity contribution in [3.05, 3.63) is 59.8 Å². The van der Waals surface area contributed by atoms with Crippen molar-refractivity contribution in [1.29, 1.82) is 0 Å². The number of rotatable bonds is 4. The van der Waals surface area contributed by atoms with Gasteiger partial charge >= 0.3 is 5.97 Å². The van der Waals surface area contributed by atoms with Crippen LogP contribution in [-0.2, 0) is 16.0 Å². The number of likely N-dealkylation sites (N-methyl/N-ethyl adjacent to an activating group) is 1. The van der Waals surface area contributed by atoms with Crippen molar-refractivity contribution < 1.29 is 9.53 Å². The number of hydrogen-bond acceptors (Lipinski definition) is 4. The average molecular weight is 370 g/mol. The fraction of sp³-hybridized carbons (Fsp3) is 0.300. The highest BCUT2D eigenvalue weighted by atomic mass is 35.5. The van der Waals surface area contributed by atoms with Gasteiger partial charge < -0.3 is 9.64 Å². The van der Waals surface area contributed by atoms with Crippen LogP contribution >= 0.6 is 11.6 Å². The van der Waals surface area contributed by atoms with Gasteiger partial charge in [-0.25, -0.2) is 0 Å². The zero-order chi connectivity index (χ0) is 18.3. The van der Waals surface area contributed by atoms with Crippen LogP contribution in [0.3, 0.4) is 0 Å². The zero-order valence-corrected chi connectivity index (χ0v) is 15.5. The van der Waals surface area contributed by atoms with Crippen LogP contribution < -0.4 is 4.90 Å². The SMILES string of the molecule is CCOC(=O)C1c2ccc3[nH]ncc3c2N(C)C1(Cl)Cc1ccccc1. The first-order chi connectivity index (χ1) is 12.6. The molecule has 4 rings (SSSR count). The molecule has 0 spiro atoms. The first-order valence-corrected chi connectivity index (χ1v) is 9.03. The Bertz CT molecular complexity index is 956. The molecular weight excluding hydrogens is 350 g/mol. The number of nitrogens with zero attached hydrogens (tertiary/aromatic N) is 2. The number of nitrogens with one attached hydrogen (secondary N) is 1. The topological polar surface area (TPSA) is 58.2 Å². The van der Waals surface area contributed by atoms with Crippen LogP contribution in [0.2, 0.25) is 0 Å². The van der Waals surface area contributed by atoms with Gasteiger partial charge in [0.2, 0.25) is 0 Å². The van der Waals surface area contributed by atoms with Crippen LogP contribution in [0.15, 0.2) is 48.7 Å². The Hall–Kier alpha value is -2.53. The lowest BCUT2D eigenvalue weighted by Gasteiger charge is -2.35. The molecule has 0 saturated carbocycles. The number of hydrogen-bond donors (Lipinski definition) is 1. The summed E-state index contributed by atoms with van der Waals surface area (Å²) >= 11 is 7.18. The summed E-state index contributed by atoms with van der Waals surface area (Å²) in [5.41, 5.74) is 3.80. The minimum atomic E-state index is -0.943. The van der Waals surface area contributed by atoms with E-state index in [0.717, 1.165) is 27.7 Å². The summed E-state index contributed by atoms with van der Waals surface area (Å²) in [5, 5.41) is 8.07. The lowest BCUT2D eigenvalue weighted by molar-refractivity contribution is -0.145. The molecule has 1 aliphatic rings. The number of benzene rings is 2. The van der Waals surface area contributed by atoms with E-state index in [-0.39, 0.29) is 5.97 Å². The summed E-state index contributed by atoms with van der Waals surface area (Å²) in [6.45, 7) is 2.13. The van der Waals surface area contributed by atoms with E-state index in [1.54, 1.807) is 6.20 Å². The molecule has 0 amide bonds. The number of fused-ring (bicyclic) bond motifs is 3. The van der Waals surface area contributed by atoms with Crippen LogP contribution in [0.25, 0.3) is 10.9 Å². The first-order valence-electron chi connectivity index (χ1n) is 8.65. The van der Waals surface area contributed by atoms with Crippen LogP contribution in [0, 0.1) is 0 Å². The van der Waals surface area contributed by atoms with E-state index >= 15 is 0 Å². The molecule has 0 radical (unpaired) electrons. The van der Waals surface area contributed by atoms with E-state index in [0.29, 0.717) is 13.0 Å². The first kappa shape index (κ1) is 16.9. The lowest BCUT2D eigenvalue weighted by Crippen LogP contribution is -2.46. The highest BCUT2D eigenvalue weighted by molar-refractivity contribution is 6.29. The van der Waals surface area contributed by atoms with Crippen LogP contribution in [-0.4, -0.2) is 34.8 Å². The van der Waals surface area contributed by atoms with E-state index in [1.165, 1.54) is 0 Å². The molecule has 2 aromatic carbocycles. The Labute approximate surface area is 156 Å².